The van der Waals surface area contributed by atoms with Crippen molar-refractivity contribution >= 4 is 5.91 Å². The summed E-state index contributed by atoms with van der Waals surface area (Å²) in [6.45, 7) is 6.99. The zero-order valence-corrected chi connectivity index (χ0v) is 13.7. The molecule has 2 aromatic heterocycles. The number of fused-ring (bicyclic) bond motifs is 3. The predicted octanol–water partition coefficient (Wildman–Crippen LogP) is 2.37. The molecule has 0 spiro atoms. The maximum atomic E-state index is 12.6. The number of aromatic nitrogens is 4. The van der Waals surface area contributed by atoms with Gasteiger partial charge in [0.1, 0.15) is 11.8 Å². The van der Waals surface area contributed by atoms with E-state index in [0.717, 1.165) is 37.4 Å². The highest BCUT2D eigenvalue weighted by Crippen LogP contribution is 2.40. The second kappa shape index (κ2) is 5.18. The molecule has 0 N–H and O–H groups in total. The number of amides is 1. The molecule has 1 amide bonds. The Morgan fingerprint density at radius 3 is 3.00 bits per heavy atom. The van der Waals surface area contributed by atoms with Crippen LogP contribution in [0.25, 0.3) is 11.5 Å². The number of carbonyl (C=O) groups excluding carboxylic acids is 1. The Kier molecular flexibility index (Phi) is 3.25. The standard InChI is InChI=1S/C16H21N5O2/c1-9(2)7-11-8-12(19-23-11)14-17-18-15-13-5-4-6-20(13)16(22)10(3)21(14)15/h8-10,13H,4-7H2,1-3H3/t10-,13-/m0/s1. The highest BCUT2D eigenvalue weighted by Gasteiger charge is 2.43. The van der Waals surface area contributed by atoms with E-state index in [-0.39, 0.29) is 18.0 Å². The molecule has 7 heteroatoms. The van der Waals surface area contributed by atoms with Crippen LogP contribution in [0.3, 0.4) is 0 Å². The lowest BCUT2D eigenvalue weighted by Gasteiger charge is -2.34. The third-order valence-electron chi connectivity index (χ3n) is 4.70. The smallest absolute Gasteiger partial charge is 0.246 e. The summed E-state index contributed by atoms with van der Waals surface area (Å²) in [4.78, 5) is 14.5. The average Bonchev–Trinajstić information content (AvgIpc) is 3.21. The Balaban J connectivity index is 1.75. The predicted molar refractivity (Wildman–Crippen MR) is 82.5 cm³/mol. The van der Waals surface area contributed by atoms with Crippen LogP contribution in [0.4, 0.5) is 0 Å². The molecule has 4 heterocycles. The lowest BCUT2D eigenvalue weighted by atomic mass is 10.1. The second-order valence-electron chi connectivity index (χ2n) is 6.89. The SMILES string of the molecule is CC(C)Cc1cc(-c2nnc3n2[C@@H](C)C(=O)N2CCC[C@@H]32)no1. The Morgan fingerprint density at radius 2 is 2.22 bits per heavy atom. The first-order valence-corrected chi connectivity index (χ1v) is 8.27. The molecule has 2 aliphatic heterocycles. The Hall–Kier alpha value is -2.18. The molecule has 0 unspecified atom stereocenters. The minimum atomic E-state index is -0.297. The van der Waals surface area contributed by atoms with Gasteiger partial charge in [0.15, 0.2) is 17.3 Å². The molecule has 0 saturated carbocycles. The van der Waals surface area contributed by atoms with Gasteiger partial charge in [0.2, 0.25) is 5.91 Å². The van der Waals surface area contributed by atoms with E-state index < -0.39 is 0 Å². The van der Waals surface area contributed by atoms with Crippen LogP contribution in [0, 0.1) is 5.92 Å². The van der Waals surface area contributed by atoms with E-state index >= 15 is 0 Å². The van der Waals surface area contributed by atoms with Gasteiger partial charge in [-0.05, 0) is 25.7 Å². The van der Waals surface area contributed by atoms with Crippen LogP contribution in [-0.4, -0.2) is 37.3 Å². The zero-order valence-electron chi connectivity index (χ0n) is 13.7. The van der Waals surface area contributed by atoms with Crippen LogP contribution >= 0.6 is 0 Å². The second-order valence-corrected chi connectivity index (χ2v) is 6.89. The lowest BCUT2D eigenvalue weighted by molar-refractivity contribution is -0.137. The lowest BCUT2D eigenvalue weighted by Crippen LogP contribution is -2.42. The van der Waals surface area contributed by atoms with E-state index in [4.69, 9.17) is 4.52 Å². The molecule has 2 atom stereocenters. The largest absolute Gasteiger partial charge is 0.361 e. The number of hydrogen-bond acceptors (Lipinski definition) is 5. The van der Waals surface area contributed by atoms with Crippen molar-refractivity contribution in [3.8, 4) is 11.5 Å². The third-order valence-corrected chi connectivity index (χ3v) is 4.70. The molecule has 0 bridgehead atoms. The van der Waals surface area contributed by atoms with E-state index in [9.17, 15) is 4.79 Å². The summed E-state index contributed by atoms with van der Waals surface area (Å²) in [6.07, 6.45) is 2.81. The summed E-state index contributed by atoms with van der Waals surface area (Å²) in [7, 11) is 0. The summed E-state index contributed by atoms with van der Waals surface area (Å²) in [5, 5.41) is 12.8. The van der Waals surface area contributed by atoms with Crippen LogP contribution in [0.2, 0.25) is 0 Å². The van der Waals surface area contributed by atoms with Crippen molar-refractivity contribution in [3.05, 3.63) is 17.7 Å². The van der Waals surface area contributed by atoms with Crippen LogP contribution in [-0.2, 0) is 11.2 Å². The average molecular weight is 315 g/mol. The van der Waals surface area contributed by atoms with Crippen molar-refractivity contribution in [1.82, 2.24) is 24.8 Å². The highest BCUT2D eigenvalue weighted by molar-refractivity contribution is 5.82. The minimum absolute atomic E-state index is 0.0574. The quantitative estimate of drug-likeness (QED) is 0.869. The van der Waals surface area contributed by atoms with Gasteiger partial charge in [-0.3, -0.25) is 9.36 Å². The molecule has 1 fully saturated rings. The van der Waals surface area contributed by atoms with E-state index in [1.54, 1.807) is 0 Å². The molecule has 0 aliphatic carbocycles. The zero-order chi connectivity index (χ0) is 16.1. The van der Waals surface area contributed by atoms with Gasteiger partial charge < -0.3 is 9.42 Å². The van der Waals surface area contributed by atoms with E-state index in [0.29, 0.717) is 17.4 Å². The fraction of sp³-hybridized carbons (Fsp3) is 0.625. The molecule has 0 aromatic carbocycles. The first kappa shape index (κ1) is 14.4. The maximum Gasteiger partial charge on any atom is 0.246 e. The van der Waals surface area contributed by atoms with Crippen LogP contribution in [0.15, 0.2) is 10.6 Å². The Labute approximate surface area is 134 Å². The summed E-state index contributed by atoms with van der Waals surface area (Å²) >= 11 is 0. The van der Waals surface area contributed by atoms with Crippen molar-refractivity contribution in [1.29, 1.82) is 0 Å². The van der Waals surface area contributed by atoms with E-state index in [2.05, 4.69) is 29.2 Å². The van der Waals surface area contributed by atoms with Crippen molar-refractivity contribution in [3.63, 3.8) is 0 Å². The van der Waals surface area contributed by atoms with Gasteiger partial charge in [0.25, 0.3) is 0 Å². The van der Waals surface area contributed by atoms with Crippen molar-refractivity contribution in [2.45, 2.75) is 52.1 Å². The topological polar surface area (TPSA) is 77.1 Å². The summed E-state index contributed by atoms with van der Waals surface area (Å²) < 4.78 is 7.35. The van der Waals surface area contributed by atoms with Crippen molar-refractivity contribution in [2.75, 3.05) is 6.54 Å². The van der Waals surface area contributed by atoms with Gasteiger partial charge in [-0.1, -0.05) is 19.0 Å². The molecule has 0 radical (unpaired) electrons. The molecular weight excluding hydrogens is 294 g/mol. The maximum absolute atomic E-state index is 12.6. The Morgan fingerprint density at radius 1 is 1.39 bits per heavy atom. The van der Waals surface area contributed by atoms with Crippen molar-refractivity contribution < 1.29 is 9.32 Å². The van der Waals surface area contributed by atoms with Gasteiger partial charge in [-0.25, -0.2) is 0 Å². The molecule has 122 valence electrons. The monoisotopic (exact) mass is 315 g/mol. The fourth-order valence-electron chi connectivity index (χ4n) is 3.65. The van der Waals surface area contributed by atoms with Gasteiger partial charge >= 0.3 is 0 Å². The van der Waals surface area contributed by atoms with E-state index in [1.165, 1.54) is 0 Å². The molecule has 1 saturated heterocycles. The fourth-order valence-corrected chi connectivity index (χ4v) is 3.65. The molecule has 2 aliphatic rings. The number of rotatable bonds is 3. The van der Waals surface area contributed by atoms with Crippen LogP contribution in [0.1, 0.15) is 57.3 Å². The number of nitrogens with zero attached hydrogens (tertiary/aromatic N) is 5. The first-order chi connectivity index (χ1) is 11.1. The summed E-state index contributed by atoms with van der Waals surface area (Å²) in [5.41, 5.74) is 0.658. The molecule has 4 rings (SSSR count). The molecule has 2 aromatic rings. The van der Waals surface area contributed by atoms with Crippen LogP contribution < -0.4 is 0 Å². The number of hydrogen-bond donors (Lipinski definition) is 0. The normalized spacial score (nSPS) is 23.5. The minimum Gasteiger partial charge on any atom is -0.361 e. The molecular formula is C16H21N5O2. The number of carbonyl (C=O) groups is 1. The van der Waals surface area contributed by atoms with Crippen molar-refractivity contribution in [2.24, 2.45) is 5.92 Å². The van der Waals surface area contributed by atoms with Crippen LogP contribution in [0.5, 0.6) is 0 Å². The summed E-state index contributed by atoms with van der Waals surface area (Å²) in [6, 6.07) is 1.67. The van der Waals surface area contributed by atoms with Gasteiger partial charge in [-0.15, -0.1) is 10.2 Å². The molecule has 7 nitrogen and oxygen atoms in total. The van der Waals surface area contributed by atoms with E-state index in [1.807, 2.05) is 22.5 Å². The highest BCUT2D eigenvalue weighted by atomic mass is 16.5. The Bertz CT molecular complexity index is 747. The summed E-state index contributed by atoms with van der Waals surface area (Å²) in [5.74, 6) is 2.98. The third kappa shape index (κ3) is 2.17. The molecule has 23 heavy (non-hydrogen) atoms. The van der Waals surface area contributed by atoms with Gasteiger partial charge in [-0.2, -0.15) is 0 Å². The first-order valence-electron chi connectivity index (χ1n) is 8.27. The van der Waals surface area contributed by atoms with Gasteiger partial charge in [0.05, 0.1) is 6.04 Å². The van der Waals surface area contributed by atoms with Gasteiger partial charge in [0, 0.05) is 19.0 Å².